The summed E-state index contributed by atoms with van der Waals surface area (Å²) in [6.45, 7) is 1.89. The van der Waals surface area contributed by atoms with Crippen LogP contribution in [0.15, 0.2) is 0 Å². The van der Waals surface area contributed by atoms with Crippen molar-refractivity contribution in [1.82, 2.24) is 9.80 Å². The zero-order valence-corrected chi connectivity index (χ0v) is 10.2. The third-order valence-corrected chi connectivity index (χ3v) is 3.58. The third kappa shape index (κ3) is 3.14. The smallest absolute Gasteiger partial charge is 0.0595 e. The lowest BCUT2D eigenvalue weighted by Gasteiger charge is -2.49. The summed E-state index contributed by atoms with van der Waals surface area (Å²) in [5, 5.41) is 8.90. The highest BCUT2D eigenvalue weighted by Crippen LogP contribution is 2.36. The van der Waals surface area contributed by atoms with Crippen LogP contribution >= 0.6 is 0 Å². The monoisotopic (exact) mass is 215 g/mol. The van der Waals surface area contributed by atoms with E-state index in [1.165, 1.54) is 19.3 Å². The minimum absolute atomic E-state index is 0.0688. The van der Waals surface area contributed by atoms with Gasteiger partial charge in [0.25, 0.3) is 0 Å². The summed E-state index contributed by atoms with van der Waals surface area (Å²) in [4.78, 5) is 4.57. The molecule has 1 saturated carbocycles. The Morgan fingerprint density at radius 2 is 1.93 bits per heavy atom. The van der Waals surface area contributed by atoms with E-state index in [-0.39, 0.29) is 12.6 Å². The second-order valence-electron chi connectivity index (χ2n) is 5.11. The van der Waals surface area contributed by atoms with Gasteiger partial charge in [0.1, 0.15) is 0 Å². The van der Waals surface area contributed by atoms with Crippen molar-refractivity contribution in [2.75, 3.05) is 40.8 Å². The van der Waals surface area contributed by atoms with Crippen LogP contribution in [0.4, 0.5) is 0 Å². The normalized spacial score (nSPS) is 21.8. The maximum absolute atomic E-state index is 8.90. The molecule has 1 atom stereocenters. The highest BCUT2D eigenvalue weighted by Gasteiger charge is 2.39. The van der Waals surface area contributed by atoms with E-state index >= 15 is 0 Å². The molecule has 0 radical (unpaired) electrons. The van der Waals surface area contributed by atoms with Gasteiger partial charge in [0.15, 0.2) is 0 Å². The zero-order valence-electron chi connectivity index (χ0n) is 10.2. The van der Waals surface area contributed by atoms with Crippen molar-refractivity contribution in [1.29, 1.82) is 0 Å². The van der Waals surface area contributed by atoms with Gasteiger partial charge in [-0.05, 0) is 40.4 Å². The van der Waals surface area contributed by atoms with Crippen LogP contribution in [-0.4, -0.2) is 67.3 Å². The molecule has 0 aromatic carbocycles. The van der Waals surface area contributed by atoms with Crippen LogP contribution < -0.4 is 5.73 Å². The Balaban J connectivity index is 2.38. The van der Waals surface area contributed by atoms with Gasteiger partial charge in [-0.15, -0.1) is 0 Å². The Labute approximate surface area is 93.0 Å². The number of rotatable bonds is 6. The van der Waals surface area contributed by atoms with Crippen LogP contribution in [0, 0.1) is 0 Å². The van der Waals surface area contributed by atoms with Crippen molar-refractivity contribution in [3.8, 4) is 0 Å². The Morgan fingerprint density at radius 1 is 1.33 bits per heavy atom. The molecule has 0 aliphatic heterocycles. The molecule has 0 bridgehead atoms. The first-order chi connectivity index (χ1) is 7.00. The Morgan fingerprint density at radius 3 is 2.27 bits per heavy atom. The largest absolute Gasteiger partial charge is 0.395 e. The molecule has 1 unspecified atom stereocenters. The van der Waals surface area contributed by atoms with Crippen LogP contribution in [0.5, 0.6) is 0 Å². The van der Waals surface area contributed by atoms with Gasteiger partial charge >= 0.3 is 0 Å². The summed E-state index contributed by atoms with van der Waals surface area (Å²) >= 11 is 0. The van der Waals surface area contributed by atoms with Crippen molar-refractivity contribution in [2.24, 2.45) is 5.73 Å². The molecule has 4 nitrogen and oxygen atoms in total. The molecule has 0 spiro atoms. The van der Waals surface area contributed by atoms with Crippen LogP contribution in [-0.2, 0) is 0 Å². The molecule has 3 N–H and O–H groups in total. The molecule has 0 amide bonds. The quantitative estimate of drug-likeness (QED) is 0.640. The minimum atomic E-state index is -0.116. The molecule has 4 heteroatoms. The fourth-order valence-electron chi connectivity index (χ4n) is 2.36. The van der Waals surface area contributed by atoms with Gasteiger partial charge in [-0.2, -0.15) is 0 Å². The van der Waals surface area contributed by atoms with Gasteiger partial charge in [-0.3, -0.25) is 0 Å². The average molecular weight is 215 g/mol. The van der Waals surface area contributed by atoms with E-state index in [1.807, 2.05) is 0 Å². The Hall–Kier alpha value is -0.160. The van der Waals surface area contributed by atoms with E-state index in [0.29, 0.717) is 5.54 Å². The molecular weight excluding hydrogens is 190 g/mol. The molecule has 15 heavy (non-hydrogen) atoms. The molecule has 0 saturated heterocycles. The number of nitrogens with two attached hydrogens (primary N) is 1. The van der Waals surface area contributed by atoms with Crippen LogP contribution in [0.25, 0.3) is 0 Å². The van der Waals surface area contributed by atoms with Gasteiger partial charge in [0.05, 0.1) is 6.61 Å². The molecule has 1 fully saturated rings. The average Bonchev–Trinajstić information content (AvgIpc) is 2.10. The lowest BCUT2D eigenvalue weighted by Crippen LogP contribution is -2.57. The van der Waals surface area contributed by atoms with Crippen molar-refractivity contribution in [3.05, 3.63) is 0 Å². The van der Waals surface area contributed by atoms with E-state index in [4.69, 9.17) is 10.8 Å². The first-order valence-corrected chi connectivity index (χ1v) is 5.72. The SMILES string of the molecule is CN(CC(N)CO)CC1(N(C)C)CCC1. The third-order valence-electron chi connectivity index (χ3n) is 3.58. The molecule has 1 rings (SSSR count). The molecule has 90 valence electrons. The number of aliphatic hydroxyl groups is 1. The summed E-state index contributed by atoms with van der Waals surface area (Å²) in [7, 11) is 6.39. The first-order valence-electron chi connectivity index (χ1n) is 5.72. The maximum atomic E-state index is 8.90. The number of aliphatic hydroxyl groups excluding tert-OH is 1. The summed E-state index contributed by atoms with van der Waals surface area (Å²) < 4.78 is 0. The Kier molecular flexibility index (Phi) is 4.52. The van der Waals surface area contributed by atoms with E-state index < -0.39 is 0 Å². The van der Waals surface area contributed by atoms with Gasteiger partial charge in [0.2, 0.25) is 0 Å². The highest BCUT2D eigenvalue weighted by molar-refractivity contribution is 4.98. The van der Waals surface area contributed by atoms with Gasteiger partial charge in [-0.1, -0.05) is 0 Å². The summed E-state index contributed by atoms with van der Waals surface area (Å²) in [5.74, 6) is 0. The van der Waals surface area contributed by atoms with Crippen molar-refractivity contribution in [3.63, 3.8) is 0 Å². The van der Waals surface area contributed by atoms with Crippen molar-refractivity contribution >= 4 is 0 Å². The van der Waals surface area contributed by atoms with Gasteiger partial charge < -0.3 is 20.6 Å². The standard InChI is InChI=1S/C11H25N3O/c1-13(2)11(5-4-6-11)9-14(3)7-10(12)8-15/h10,15H,4-9,12H2,1-3H3. The predicted octanol–water partition coefficient (Wildman–Crippen LogP) is -0.278. The van der Waals surface area contributed by atoms with E-state index in [1.54, 1.807) is 0 Å². The fraction of sp³-hybridized carbons (Fsp3) is 1.00. The van der Waals surface area contributed by atoms with E-state index in [0.717, 1.165) is 13.1 Å². The first kappa shape index (κ1) is 12.9. The minimum Gasteiger partial charge on any atom is -0.395 e. The van der Waals surface area contributed by atoms with Crippen molar-refractivity contribution in [2.45, 2.75) is 30.8 Å². The number of likely N-dealkylation sites (N-methyl/N-ethyl adjacent to an activating group) is 2. The zero-order chi connectivity index (χ0) is 11.5. The second kappa shape index (κ2) is 5.25. The maximum Gasteiger partial charge on any atom is 0.0595 e. The van der Waals surface area contributed by atoms with Gasteiger partial charge in [0, 0.05) is 24.7 Å². The summed E-state index contributed by atoms with van der Waals surface area (Å²) in [6.07, 6.45) is 3.88. The lowest BCUT2D eigenvalue weighted by atomic mass is 9.75. The van der Waals surface area contributed by atoms with E-state index in [9.17, 15) is 0 Å². The van der Waals surface area contributed by atoms with Gasteiger partial charge in [-0.25, -0.2) is 0 Å². The van der Waals surface area contributed by atoms with E-state index in [2.05, 4.69) is 30.9 Å². The topological polar surface area (TPSA) is 52.7 Å². The molecule has 0 aromatic heterocycles. The number of hydrogen-bond acceptors (Lipinski definition) is 4. The van der Waals surface area contributed by atoms with Crippen molar-refractivity contribution < 1.29 is 5.11 Å². The Bertz CT molecular complexity index is 192. The number of nitrogens with zero attached hydrogens (tertiary/aromatic N) is 2. The molecule has 1 aliphatic rings. The van der Waals surface area contributed by atoms with Crippen LogP contribution in [0.1, 0.15) is 19.3 Å². The molecule has 0 heterocycles. The predicted molar refractivity (Wildman–Crippen MR) is 62.8 cm³/mol. The highest BCUT2D eigenvalue weighted by atomic mass is 16.3. The molecule has 0 aromatic rings. The van der Waals surface area contributed by atoms with Crippen LogP contribution in [0.2, 0.25) is 0 Å². The summed E-state index contributed by atoms with van der Waals surface area (Å²) in [6, 6.07) is -0.116. The molecule has 1 aliphatic carbocycles. The fourth-order valence-corrected chi connectivity index (χ4v) is 2.36. The lowest BCUT2D eigenvalue weighted by molar-refractivity contribution is 0.0251. The van der Waals surface area contributed by atoms with Crippen LogP contribution in [0.3, 0.4) is 0 Å². The summed E-state index contributed by atoms with van der Waals surface area (Å²) in [5.41, 5.74) is 6.07. The molecular formula is C11H25N3O. The second-order valence-corrected chi connectivity index (χ2v) is 5.11. The number of hydrogen-bond donors (Lipinski definition) is 2.